The van der Waals surface area contributed by atoms with Gasteiger partial charge < -0.3 is 0 Å². The number of nitrogens with zero attached hydrogens (tertiary/aromatic N) is 1. The summed E-state index contributed by atoms with van der Waals surface area (Å²) in [6.07, 6.45) is 3.15. The van der Waals surface area contributed by atoms with Crippen LogP contribution in [-0.4, -0.2) is 26.1 Å². The third-order valence-corrected chi connectivity index (χ3v) is 8.14. The lowest BCUT2D eigenvalue weighted by Crippen LogP contribution is -2.31. The maximum atomic E-state index is 13.3. The highest BCUT2D eigenvalue weighted by atomic mass is 32.2. The van der Waals surface area contributed by atoms with Crippen molar-refractivity contribution in [2.24, 2.45) is 0 Å². The number of anilines is 1. The second kappa shape index (κ2) is 11.1. The van der Waals surface area contributed by atoms with Gasteiger partial charge in [0.25, 0.3) is 10.0 Å². The van der Waals surface area contributed by atoms with E-state index in [9.17, 15) is 13.2 Å². The van der Waals surface area contributed by atoms with Gasteiger partial charge in [-0.25, -0.2) is 13.9 Å². The van der Waals surface area contributed by atoms with Crippen molar-refractivity contribution >= 4 is 33.0 Å². The Labute approximate surface area is 187 Å². The summed E-state index contributed by atoms with van der Waals surface area (Å²) in [6.45, 7) is 0.358. The van der Waals surface area contributed by atoms with Crippen LogP contribution in [0.5, 0.6) is 0 Å². The molecule has 6 nitrogen and oxygen atoms in total. The molecule has 0 saturated carbocycles. The molecule has 1 amide bonds. The van der Waals surface area contributed by atoms with E-state index in [-0.39, 0.29) is 6.42 Å². The molecule has 3 rings (SSSR count). The number of unbranched alkanes of at least 4 members (excludes halogenated alkanes) is 3. The van der Waals surface area contributed by atoms with Crippen LogP contribution in [0.1, 0.15) is 32.1 Å². The Bertz CT molecular complexity index is 1050. The lowest BCUT2D eigenvalue weighted by Gasteiger charge is -2.24. The fourth-order valence-electron chi connectivity index (χ4n) is 3.31. The summed E-state index contributed by atoms with van der Waals surface area (Å²) in [7, 11) is -3.64. The summed E-state index contributed by atoms with van der Waals surface area (Å²) in [4.78, 5) is 11.1. The molecule has 0 aliphatic rings. The Morgan fingerprint density at radius 2 is 1.55 bits per heavy atom. The fourth-order valence-corrected chi connectivity index (χ4v) is 5.92. The van der Waals surface area contributed by atoms with Gasteiger partial charge in [-0.2, -0.15) is 0 Å². The molecule has 2 N–H and O–H groups in total. The summed E-state index contributed by atoms with van der Waals surface area (Å²) >= 11 is 1.21. The quantitative estimate of drug-likeness (QED) is 0.239. The number of thiophene rings is 1. The summed E-state index contributed by atoms with van der Waals surface area (Å²) in [5.41, 5.74) is 4.36. The van der Waals surface area contributed by atoms with Crippen LogP contribution >= 0.6 is 11.3 Å². The van der Waals surface area contributed by atoms with Crippen LogP contribution in [0.25, 0.3) is 11.1 Å². The smallest absolute Gasteiger partial charge is 0.273 e. The molecule has 0 spiro atoms. The molecular formula is C23H26N2O4S2. The molecule has 0 radical (unpaired) electrons. The highest BCUT2D eigenvalue weighted by Gasteiger charge is 2.25. The number of carbonyl (C=O) groups is 1. The van der Waals surface area contributed by atoms with Gasteiger partial charge >= 0.3 is 0 Å². The SMILES string of the molecule is O=C(CCCCCCN(c1ccc(-c2ccccc2)cc1)S(=O)(=O)c1cccs1)NO. The molecule has 1 aromatic heterocycles. The number of benzene rings is 2. The second-order valence-electron chi connectivity index (χ2n) is 7.12. The average molecular weight is 459 g/mol. The van der Waals surface area contributed by atoms with Crippen LogP contribution < -0.4 is 9.79 Å². The predicted octanol–water partition coefficient (Wildman–Crippen LogP) is 5.07. The molecule has 0 bridgehead atoms. The van der Waals surface area contributed by atoms with E-state index in [1.165, 1.54) is 15.6 Å². The van der Waals surface area contributed by atoms with Crippen molar-refractivity contribution in [3.8, 4) is 11.1 Å². The van der Waals surface area contributed by atoms with Crippen molar-refractivity contribution < 1.29 is 18.4 Å². The molecule has 0 saturated heterocycles. The van der Waals surface area contributed by atoms with Crippen LogP contribution in [0.3, 0.4) is 0 Å². The minimum Gasteiger partial charge on any atom is -0.289 e. The van der Waals surface area contributed by atoms with Crippen molar-refractivity contribution in [1.29, 1.82) is 0 Å². The molecule has 164 valence electrons. The molecule has 8 heteroatoms. The van der Waals surface area contributed by atoms with E-state index < -0.39 is 15.9 Å². The van der Waals surface area contributed by atoms with Gasteiger partial charge in [0.05, 0.1) is 5.69 Å². The predicted molar refractivity (Wildman–Crippen MR) is 124 cm³/mol. The van der Waals surface area contributed by atoms with Gasteiger partial charge in [-0.3, -0.25) is 14.3 Å². The lowest BCUT2D eigenvalue weighted by atomic mass is 10.1. The molecule has 0 aliphatic heterocycles. The van der Waals surface area contributed by atoms with Gasteiger partial charge in [0.2, 0.25) is 5.91 Å². The van der Waals surface area contributed by atoms with Gasteiger partial charge in [-0.15, -0.1) is 11.3 Å². The van der Waals surface area contributed by atoms with Crippen molar-refractivity contribution in [3.63, 3.8) is 0 Å². The number of amides is 1. The number of sulfonamides is 1. The Kier molecular flexibility index (Phi) is 8.22. The Morgan fingerprint density at radius 3 is 2.19 bits per heavy atom. The molecule has 0 atom stereocenters. The normalized spacial score (nSPS) is 11.3. The standard InChI is InChI=1S/C23H26N2O4S2/c26-22(24-27)11-6-1-2-7-17-25(31(28,29)23-12-8-18-30-23)21-15-13-20(14-16-21)19-9-4-3-5-10-19/h3-5,8-10,12-16,18,27H,1-2,6-7,11,17H2,(H,24,26). The Morgan fingerprint density at radius 1 is 0.871 bits per heavy atom. The molecule has 1 heterocycles. The van der Waals surface area contributed by atoms with Gasteiger partial charge in [0, 0.05) is 13.0 Å². The lowest BCUT2D eigenvalue weighted by molar-refractivity contribution is -0.129. The van der Waals surface area contributed by atoms with Crippen molar-refractivity contribution in [2.75, 3.05) is 10.8 Å². The molecule has 31 heavy (non-hydrogen) atoms. The third-order valence-electron chi connectivity index (χ3n) is 4.94. The number of hydrogen-bond acceptors (Lipinski definition) is 5. The van der Waals surface area contributed by atoms with Gasteiger partial charge in [-0.1, -0.05) is 61.4 Å². The summed E-state index contributed by atoms with van der Waals surface area (Å²) in [5.74, 6) is -0.402. The molecule has 3 aromatic rings. The van der Waals surface area contributed by atoms with Gasteiger partial charge in [0.1, 0.15) is 4.21 Å². The highest BCUT2D eigenvalue weighted by molar-refractivity contribution is 7.94. The van der Waals surface area contributed by atoms with E-state index in [4.69, 9.17) is 5.21 Å². The van der Waals surface area contributed by atoms with Gasteiger partial charge in [0.15, 0.2) is 0 Å². The third kappa shape index (κ3) is 6.16. The number of hydroxylamine groups is 1. The zero-order valence-corrected chi connectivity index (χ0v) is 18.7. The molecule has 0 fully saturated rings. The van der Waals surface area contributed by atoms with Crippen LogP contribution in [-0.2, 0) is 14.8 Å². The molecular weight excluding hydrogens is 432 g/mol. The van der Waals surface area contributed by atoms with Crippen molar-refractivity contribution in [3.05, 3.63) is 72.1 Å². The zero-order valence-electron chi connectivity index (χ0n) is 17.1. The van der Waals surface area contributed by atoms with Crippen molar-refractivity contribution in [2.45, 2.75) is 36.3 Å². The monoisotopic (exact) mass is 458 g/mol. The van der Waals surface area contributed by atoms with Crippen molar-refractivity contribution in [1.82, 2.24) is 5.48 Å². The maximum Gasteiger partial charge on any atom is 0.273 e. The summed E-state index contributed by atoms with van der Waals surface area (Å²) in [6, 6.07) is 20.9. The average Bonchev–Trinajstić information content (AvgIpc) is 3.35. The minimum atomic E-state index is -3.64. The number of nitrogens with one attached hydrogen (secondary N) is 1. The minimum absolute atomic E-state index is 0.259. The molecule has 0 unspecified atom stereocenters. The van der Waals surface area contributed by atoms with E-state index in [0.717, 1.165) is 24.0 Å². The number of carbonyl (C=O) groups excluding carboxylic acids is 1. The van der Waals surface area contributed by atoms with E-state index in [1.807, 2.05) is 54.6 Å². The first-order chi connectivity index (χ1) is 15.0. The Balaban J connectivity index is 1.73. The second-order valence-corrected chi connectivity index (χ2v) is 10.2. The fraction of sp³-hybridized carbons (Fsp3) is 0.261. The van der Waals surface area contributed by atoms with E-state index >= 15 is 0 Å². The van der Waals surface area contributed by atoms with E-state index in [0.29, 0.717) is 29.3 Å². The van der Waals surface area contributed by atoms with E-state index in [2.05, 4.69) is 0 Å². The molecule has 2 aromatic carbocycles. The summed E-state index contributed by atoms with van der Waals surface area (Å²) < 4.78 is 28.3. The van der Waals surface area contributed by atoms with Crippen LogP contribution in [0.15, 0.2) is 76.3 Å². The largest absolute Gasteiger partial charge is 0.289 e. The first-order valence-electron chi connectivity index (χ1n) is 10.2. The zero-order chi connectivity index (χ0) is 22.1. The summed E-state index contributed by atoms with van der Waals surface area (Å²) in [5, 5.41) is 10.3. The van der Waals surface area contributed by atoms with Gasteiger partial charge in [-0.05, 0) is 47.5 Å². The van der Waals surface area contributed by atoms with Crippen LogP contribution in [0.4, 0.5) is 5.69 Å². The van der Waals surface area contributed by atoms with Crippen LogP contribution in [0, 0.1) is 0 Å². The van der Waals surface area contributed by atoms with Crippen LogP contribution in [0.2, 0.25) is 0 Å². The Hall–Kier alpha value is -2.68. The number of rotatable bonds is 11. The highest BCUT2D eigenvalue weighted by Crippen LogP contribution is 2.29. The number of hydrogen-bond donors (Lipinski definition) is 2. The van der Waals surface area contributed by atoms with E-state index in [1.54, 1.807) is 23.0 Å². The first kappa shape index (κ1) is 23.0. The molecule has 0 aliphatic carbocycles. The first-order valence-corrected chi connectivity index (χ1v) is 12.5. The maximum absolute atomic E-state index is 13.3. The topological polar surface area (TPSA) is 86.7 Å².